The van der Waals surface area contributed by atoms with Gasteiger partial charge in [0.1, 0.15) is 0 Å². The van der Waals surface area contributed by atoms with Gasteiger partial charge in [-0.05, 0) is 55.2 Å². The minimum absolute atomic E-state index is 0.274. The van der Waals surface area contributed by atoms with Crippen LogP contribution in [-0.4, -0.2) is 11.0 Å². The Bertz CT molecular complexity index is 568. The normalized spacial score (nSPS) is 19.2. The molecule has 3 heteroatoms. The highest BCUT2D eigenvalue weighted by Crippen LogP contribution is 2.26. The molecule has 2 atom stereocenters. The van der Waals surface area contributed by atoms with Gasteiger partial charge < -0.3 is 5.32 Å². The molecule has 0 amide bonds. The maximum Gasteiger partial charge on any atom is 0.0570 e. The van der Waals surface area contributed by atoms with Gasteiger partial charge in [-0.15, -0.1) is 0 Å². The Morgan fingerprint density at radius 1 is 1.21 bits per heavy atom. The predicted octanol–water partition coefficient (Wildman–Crippen LogP) is 3.55. The van der Waals surface area contributed by atoms with Crippen molar-refractivity contribution in [2.24, 2.45) is 0 Å². The number of hydrogen-bond acceptors (Lipinski definition) is 2. The molecule has 3 rings (SSSR count). The molecule has 0 fully saturated rings. The molecule has 2 aromatic rings. The summed E-state index contributed by atoms with van der Waals surface area (Å²) in [5.74, 6) is 0. The number of nitrogens with zero attached hydrogens (tertiary/aromatic N) is 1. The topological polar surface area (TPSA) is 24.9 Å². The predicted molar refractivity (Wildman–Crippen MR) is 78.4 cm³/mol. The summed E-state index contributed by atoms with van der Waals surface area (Å²) < 4.78 is 0. The fourth-order valence-corrected chi connectivity index (χ4v) is 2.97. The molecule has 2 unspecified atom stereocenters. The molecule has 1 aliphatic rings. The first-order valence-electron chi connectivity index (χ1n) is 6.66. The van der Waals surface area contributed by atoms with Crippen molar-refractivity contribution in [2.75, 3.05) is 0 Å². The second-order valence-electron chi connectivity index (χ2n) is 5.16. The second kappa shape index (κ2) is 5.32. The van der Waals surface area contributed by atoms with E-state index >= 15 is 0 Å². The largest absolute Gasteiger partial charge is 0.305 e. The summed E-state index contributed by atoms with van der Waals surface area (Å²) in [5.41, 5.74) is 3.88. The Morgan fingerprint density at radius 3 is 2.84 bits per heavy atom. The van der Waals surface area contributed by atoms with Gasteiger partial charge in [0.25, 0.3) is 0 Å². The molecule has 1 aromatic heterocycles. The summed E-state index contributed by atoms with van der Waals surface area (Å²) in [5, 5.41) is 4.49. The van der Waals surface area contributed by atoms with Gasteiger partial charge in [-0.1, -0.05) is 23.7 Å². The molecule has 1 heterocycles. The summed E-state index contributed by atoms with van der Waals surface area (Å²) >= 11 is 6.04. The molecule has 19 heavy (non-hydrogen) atoms. The van der Waals surface area contributed by atoms with Crippen LogP contribution in [0.4, 0.5) is 0 Å². The molecule has 2 nitrogen and oxygen atoms in total. The van der Waals surface area contributed by atoms with Gasteiger partial charge in [0.2, 0.25) is 0 Å². The summed E-state index contributed by atoms with van der Waals surface area (Å²) in [6, 6.07) is 13.0. The molecular weight excluding hydrogens is 256 g/mol. The fourth-order valence-electron chi connectivity index (χ4n) is 2.78. The number of fused-ring (bicyclic) bond motifs is 1. The van der Waals surface area contributed by atoms with E-state index in [0.29, 0.717) is 6.04 Å². The SMILES string of the molecule is CC(NC1Cc2ccc(Cl)cc2C1)c1ccccn1. The Morgan fingerprint density at radius 2 is 2.05 bits per heavy atom. The monoisotopic (exact) mass is 272 g/mol. The van der Waals surface area contributed by atoms with Crippen LogP contribution in [0.5, 0.6) is 0 Å². The quantitative estimate of drug-likeness (QED) is 0.924. The van der Waals surface area contributed by atoms with E-state index in [2.05, 4.69) is 35.4 Å². The molecule has 0 aliphatic heterocycles. The first-order valence-corrected chi connectivity index (χ1v) is 7.04. The van der Waals surface area contributed by atoms with Gasteiger partial charge >= 0.3 is 0 Å². The van der Waals surface area contributed by atoms with Crippen LogP contribution in [-0.2, 0) is 12.8 Å². The Balaban J connectivity index is 1.67. The van der Waals surface area contributed by atoms with Gasteiger partial charge in [-0.25, -0.2) is 0 Å². The first-order chi connectivity index (χ1) is 9.22. The smallest absolute Gasteiger partial charge is 0.0570 e. The van der Waals surface area contributed by atoms with Gasteiger partial charge in [0.05, 0.1) is 5.69 Å². The standard InChI is InChI=1S/C16H17ClN2/c1-11(16-4-2-3-7-18-16)19-15-9-12-5-6-14(17)8-13(12)10-15/h2-8,11,15,19H,9-10H2,1H3. The van der Waals surface area contributed by atoms with Crippen molar-refractivity contribution in [1.29, 1.82) is 0 Å². The van der Waals surface area contributed by atoms with Crippen molar-refractivity contribution < 1.29 is 0 Å². The van der Waals surface area contributed by atoms with Crippen LogP contribution in [0.1, 0.15) is 29.8 Å². The molecule has 0 spiro atoms. The molecular formula is C16H17ClN2. The van der Waals surface area contributed by atoms with E-state index in [0.717, 1.165) is 23.6 Å². The molecule has 98 valence electrons. The summed E-state index contributed by atoms with van der Waals surface area (Å²) in [4.78, 5) is 4.40. The highest BCUT2D eigenvalue weighted by Gasteiger charge is 2.23. The summed E-state index contributed by atoms with van der Waals surface area (Å²) in [6.07, 6.45) is 3.97. The van der Waals surface area contributed by atoms with E-state index in [1.54, 1.807) is 0 Å². The van der Waals surface area contributed by atoms with E-state index < -0.39 is 0 Å². The van der Waals surface area contributed by atoms with Gasteiger partial charge in [0, 0.05) is 23.3 Å². The Kier molecular flexibility index (Phi) is 3.54. The summed E-state index contributed by atoms with van der Waals surface area (Å²) in [6.45, 7) is 2.16. The minimum Gasteiger partial charge on any atom is -0.305 e. The van der Waals surface area contributed by atoms with E-state index in [-0.39, 0.29) is 6.04 Å². The number of halogens is 1. The number of aromatic nitrogens is 1. The summed E-state index contributed by atoms with van der Waals surface area (Å²) in [7, 11) is 0. The number of pyridine rings is 1. The zero-order valence-electron chi connectivity index (χ0n) is 10.9. The van der Waals surface area contributed by atoms with E-state index in [1.165, 1.54) is 11.1 Å². The van der Waals surface area contributed by atoms with E-state index in [1.807, 2.05) is 24.4 Å². The van der Waals surface area contributed by atoms with Crippen molar-refractivity contribution in [1.82, 2.24) is 10.3 Å². The highest BCUT2D eigenvalue weighted by atomic mass is 35.5. The van der Waals surface area contributed by atoms with Crippen LogP contribution < -0.4 is 5.32 Å². The maximum absolute atomic E-state index is 6.04. The first kappa shape index (κ1) is 12.6. The Hall–Kier alpha value is -1.38. The van der Waals surface area contributed by atoms with Crippen molar-refractivity contribution in [3.05, 3.63) is 64.4 Å². The lowest BCUT2D eigenvalue weighted by Crippen LogP contribution is -2.32. The molecule has 0 radical (unpaired) electrons. The van der Waals surface area contributed by atoms with Gasteiger partial charge in [-0.3, -0.25) is 4.98 Å². The van der Waals surface area contributed by atoms with Crippen molar-refractivity contribution >= 4 is 11.6 Å². The van der Waals surface area contributed by atoms with Crippen LogP contribution >= 0.6 is 11.6 Å². The van der Waals surface area contributed by atoms with Crippen LogP contribution in [0.3, 0.4) is 0 Å². The second-order valence-corrected chi connectivity index (χ2v) is 5.60. The molecule has 0 saturated heterocycles. The third-order valence-corrected chi connectivity index (χ3v) is 3.95. The molecule has 1 aromatic carbocycles. The van der Waals surface area contributed by atoms with Crippen LogP contribution in [0, 0.1) is 0 Å². The molecule has 0 saturated carbocycles. The van der Waals surface area contributed by atoms with Crippen LogP contribution in [0.25, 0.3) is 0 Å². The van der Waals surface area contributed by atoms with Crippen molar-refractivity contribution in [3.8, 4) is 0 Å². The molecule has 1 aliphatic carbocycles. The zero-order chi connectivity index (χ0) is 13.2. The molecule has 1 N–H and O–H groups in total. The third-order valence-electron chi connectivity index (χ3n) is 3.72. The van der Waals surface area contributed by atoms with E-state index in [4.69, 9.17) is 11.6 Å². The van der Waals surface area contributed by atoms with Crippen LogP contribution in [0.2, 0.25) is 5.02 Å². The number of benzene rings is 1. The van der Waals surface area contributed by atoms with Gasteiger partial charge in [0.15, 0.2) is 0 Å². The van der Waals surface area contributed by atoms with Crippen molar-refractivity contribution in [2.45, 2.75) is 31.8 Å². The van der Waals surface area contributed by atoms with E-state index in [9.17, 15) is 0 Å². The number of nitrogens with one attached hydrogen (secondary N) is 1. The zero-order valence-corrected chi connectivity index (χ0v) is 11.7. The third kappa shape index (κ3) is 2.80. The highest BCUT2D eigenvalue weighted by molar-refractivity contribution is 6.30. The Labute approximate surface area is 118 Å². The molecule has 0 bridgehead atoms. The average molecular weight is 273 g/mol. The fraction of sp³-hybridized carbons (Fsp3) is 0.312. The number of hydrogen-bond donors (Lipinski definition) is 1. The lowest BCUT2D eigenvalue weighted by Gasteiger charge is -2.18. The van der Waals surface area contributed by atoms with Crippen LogP contribution in [0.15, 0.2) is 42.6 Å². The number of rotatable bonds is 3. The van der Waals surface area contributed by atoms with Crippen molar-refractivity contribution in [3.63, 3.8) is 0 Å². The minimum atomic E-state index is 0.274. The van der Waals surface area contributed by atoms with Gasteiger partial charge in [-0.2, -0.15) is 0 Å². The lowest BCUT2D eigenvalue weighted by molar-refractivity contribution is 0.461. The average Bonchev–Trinajstić information content (AvgIpc) is 2.81. The maximum atomic E-state index is 6.04. The lowest BCUT2D eigenvalue weighted by atomic mass is 10.1.